The van der Waals surface area contributed by atoms with Crippen molar-refractivity contribution in [3.05, 3.63) is 75.5 Å². The van der Waals surface area contributed by atoms with Gasteiger partial charge in [-0.3, -0.25) is 4.79 Å². The molecule has 1 amide bonds. The molecule has 0 radical (unpaired) electrons. The van der Waals surface area contributed by atoms with Crippen molar-refractivity contribution in [3.8, 4) is 16.9 Å². The lowest BCUT2D eigenvalue weighted by molar-refractivity contribution is 0.1000. The van der Waals surface area contributed by atoms with E-state index in [4.69, 9.17) is 5.73 Å². The minimum absolute atomic E-state index is 0.263. The van der Waals surface area contributed by atoms with Crippen LogP contribution in [0.5, 0.6) is 5.75 Å². The van der Waals surface area contributed by atoms with Crippen molar-refractivity contribution in [3.63, 3.8) is 0 Å². The fourth-order valence-electron chi connectivity index (χ4n) is 3.60. The summed E-state index contributed by atoms with van der Waals surface area (Å²) in [4.78, 5) is 12.2. The number of carbonyl (C=O) groups is 1. The maximum atomic E-state index is 12.2. The standard InChI is InChI=1S/C22H23BrN2O2/c1-3-19-21(16-6-8-17(23)9-7-16)20(22(24)27)14(2)25(19)13-12-15-4-10-18(26)11-5-15/h4-11,26H,3,12-13H2,1-2H3,(H2,24,27). The lowest BCUT2D eigenvalue weighted by Crippen LogP contribution is -2.13. The Kier molecular flexibility index (Phi) is 5.71. The van der Waals surface area contributed by atoms with Crippen LogP contribution in [0.1, 0.15) is 34.2 Å². The van der Waals surface area contributed by atoms with Crippen LogP contribution in [0.25, 0.3) is 11.1 Å². The van der Waals surface area contributed by atoms with Crippen molar-refractivity contribution in [1.29, 1.82) is 0 Å². The fraction of sp³-hybridized carbons (Fsp3) is 0.227. The molecule has 3 N–H and O–H groups in total. The molecular formula is C22H23BrN2O2. The minimum atomic E-state index is -0.400. The van der Waals surface area contributed by atoms with Crippen LogP contribution < -0.4 is 5.73 Å². The second-order valence-corrected chi connectivity index (χ2v) is 7.49. The van der Waals surface area contributed by atoms with Gasteiger partial charge < -0.3 is 15.4 Å². The number of amides is 1. The molecule has 0 atom stereocenters. The Bertz CT molecular complexity index is 957. The molecule has 0 fully saturated rings. The normalized spacial score (nSPS) is 10.9. The number of carbonyl (C=O) groups excluding carboxylic acids is 1. The van der Waals surface area contributed by atoms with Gasteiger partial charge in [-0.15, -0.1) is 0 Å². The quantitative estimate of drug-likeness (QED) is 0.592. The van der Waals surface area contributed by atoms with E-state index in [0.717, 1.165) is 51.9 Å². The maximum Gasteiger partial charge on any atom is 0.251 e. The lowest BCUT2D eigenvalue weighted by atomic mass is 9.99. The Morgan fingerprint density at radius 1 is 1.11 bits per heavy atom. The van der Waals surface area contributed by atoms with E-state index >= 15 is 0 Å². The highest BCUT2D eigenvalue weighted by Crippen LogP contribution is 2.34. The molecule has 2 aromatic carbocycles. The van der Waals surface area contributed by atoms with E-state index in [1.165, 1.54) is 0 Å². The summed E-state index contributed by atoms with van der Waals surface area (Å²) in [6, 6.07) is 15.2. The molecule has 1 aromatic heterocycles. The monoisotopic (exact) mass is 426 g/mol. The molecule has 0 saturated carbocycles. The summed E-state index contributed by atoms with van der Waals surface area (Å²) in [5.74, 6) is -0.137. The Morgan fingerprint density at radius 3 is 2.30 bits per heavy atom. The first kappa shape index (κ1) is 19.2. The van der Waals surface area contributed by atoms with Crippen LogP contribution in [0.2, 0.25) is 0 Å². The summed E-state index contributed by atoms with van der Waals surface area (Å²) in [6.45, 7) is 4.80. The number of rotatable bonds is 6. The van der Waals surface area contributed by atoms with Crippen LogP contribution in [0.3, 0.4) is 0 Å². The zero-order chi connectivity index (χ0) is 19.6. The van der Waals surface area contributed by atoms with E-state index in [0.29, 0.717) is 5.56 Å². The van der Waals surface area contributed by atoms with Crippen molar-refractivity contribution < 1.29 is 9.90 Å². The molecular weight excluding hydrogens is 404 g/mol. The SMILES string of the molecule is CCc1c(-c2ccc(Br)cc2)c(C(N)=O)c(C)n1CCc1ccc(O)cc1. The molecule has 0 spiro atoms. The lowest BCUT2D eigenvalue weighted by Gasteiger charge is -2.12. The minimum Gasteiger partial charge on any atom is -0.508 e. The predicted molar refractivity (Wildman–Crippen MR) is 112 cm³/mol. The zero-order valence-corrected chi connectivity index (χ0v) is 17.1. The van der Waals surface area contributed by atoms with Crippen LogP contribution in [-0.2, 0) is 19.4 Å². The van der Waals surface area contributed by atoms with Gasteiger partial charge in [0.1, 0.15) is 5.75 Å². The van der Waals surface area contributed by atoms with Crippen LogP contribution >= 0.6 is 15.9 Å². The number of primary amides is 1. The van der Waals surface area contributed by atoms with Crippen LogP contribution in [0.15, 0.2) is 53.0 Å². The second kappa shape index (κ2) is 8.01. The summed E-state index contributed by atoms with van der Waals surface area (Å²) in [5, 5.41) is 9.45. The van der Waals surface area contributed by atoms with Crippen molar-refractivity contribution in [2.24, 2.45) is 5.73 Å². The Morgan fingerprint density at radius 2 is 1.74 bits per heavy atom. The highest BCUT2D eigenvalue weighted by molar-refractivity contribution is 9.10. The van der Waals surface area contributed by atoms with E-state index in [2.05, 4.69) is 27.4 Å². The van der Waals surface area contributed by atoms with Gasteiger partial charge in [0.25, 0.3) is 5.91 Å². The number of aryl methyl sites for hydroxylation is 1. The van der Waals surface area contributed by atoms with Gasteiger partial charge in [-0.25, -0.2) is 0 Å². The topological polar surface area (TPSA) is 68.2 Å². The van der Waals surface area contributed by atoms with Gasteiger partial charge in [0.05, 0.1) is 5.56 Å². The molecule has 3 aromatic rings. The summed E-state index contributed by atoms with van der Waals surface area (Å²) < 4.78 is 3.19. The Hall–Kier alpha value is -2.53. The summed E-state index contributed by atoms with van der Waals surface area (Å²) >= 11 is 3.46. The van der Waals surface area contributed by atoms with Crippen molar-refractivity contribution in [2.45, 2.75) is 33.2 Å². The summed E-state index contributed by atoms with van der Waals surface area (Å²) in [7, 11) is 0. The van der Waals surface area contributed by atoms with Gasteiger partial charge in [-0.1, -0.05) is 47.1 Å². The van der Waals surface area contributed by atoms with Gasteiger partial charge in [0.2, 0.25) is 0 Å². The molecule has 5 heteroatoms. The van der Waals surface area contributed by atoms with Gasteiger partial charge in [0.15, 0.2) is 0 Å². The number of halogens is 1. The van der Waals surface area contributed by atoms with Crippen LogP contribution in [0, 0.1) is 6.92 Å². The molecule has 1 heterocycles. The number of nitrogens with two attached hydrogens (primary N) is 1. The first-order valence-electron chi connectivity index (χ1n) is 8.98. The van der Waals surface area contributed by atoms with Crippen molar-refractivity contribution in [2.75, 3.05) is 0 Å². The summed E-state index contributed by atoms with van der Waals surface area (Å²) in [5.41, 5.74) is 11.4. The third kappa shape index (κ3) is 3.93. The zero-order valence-electron chi connectivity index (χ0n) is 15.5. The number of hydrogen-bond donors (Lipinski definition) is 2. The number of aromatic hydroxyl groups is 1. The van der Waals surface area contributed by atoms with E-state index < -0.39 is 5.91 Å². The Labute approximate surface area is 167 Å². The smallest absolute Gasteiger partial charge is 0.251 e. The van der Waals surface area contributed by atoms with E-state index in [-0.39, 0.29) is 5.75 Å². The summed E-state index contributed by atoms with van der Waals surface area (Å²) in [6.07, 6.45) is 1.61. The molecule has 0 aliphatic heterocycles. The molecule has 27 heavy (non-hydrogen) atoms. The van der Waals surface area contributed by atoms with E-state index in [9.17, 15) is 9.90 Å². The highest BCUT2D eigenvalue weighted by Gasteiger charge is 2.23. The average Bonchev–Trinajstić information content (AvgIpc) is 2.93. The number of aromatic nitrogens is 1. The van der Waals surface area contributed by atoms with Gasteiger partial charge >= 0.3 is 0 Å². The second-order valence-electron chi connectivity index (χ2n) is 6.57. The molecule has 140 valence electrons. The average molecular weight is 427 g/mol. The maximum absolute atomic E-state index is 12.2. The predicted octanol–water partition coefficient (Wildman–Crippen LogP) is 4.84. The molecule has 0 bridgehead atoms. The number of hydrogen-bond acceptors (Lipinski definition) is 2. The highest BCUT2D eigenvalue weighted by atomic mass is 79.9. The van der Waals surface area contributed by atoms with E-state index in [1.807, 2.05) is 43.3 Å². The molecule has 0 saturated heterocycles. The molecule has 4 nitrogen and oxygen atoms in total. The molecule has 0 aliphatic rings. The number of benzene rings is 2. The first-order chi connectivity index (χ1) is 12.9. The number of nitrogens with zero attached hydrogens (tertiary/aromatic N) is 1. The van der Waals surface area contributed by atoms with Gasteiger partial charge in [-0.2, -0.15) is 0 Å². The number of phenols is 1. The number of phenolic OH excluding ortho intramolecular Hbond substituents is 1. The van der Waals surface area contributed by atoms with Crippen molar-refractivity contribution >= 4 is 21.8 Å². The van der Waals surface area contributed by atoms with Gasteiger partial charge in [0, 0.05) is 28.0 Å². The molecule has 0 unspecified atom stereocenters. The third-order valence-electron chi connectivity index (χ3n) is 4.91. The Balaban J connectivity index is 2.05. The van der Waals surface area contributed by atoms with Crippen LogP contribution in [-0.4, -0.2) is 15.6 Å². The largest absolute Gasteiger partial charge is 0.508 e. The fourth-order valence-corrected chi connectivity index (χ4v) is 3.86. The third-order valence-corrected chi connectivity index (χ3v) is 5.43. The van der Waals surface area contributed by atoms with Gasteiger partial charge in [-0.05, 0) is 55.2 Å². The first-order valence-corrected chi connectivity index (χ1v) is 9.77. The van der Waals surface area contributed by atoms with Crippen LogP contribution in [0.4, 0.5) is 0 Å². The molecule has 3 rings (SSSR count). The van der Waals surface area contributed by atoms with E-state index in [1.54, 1.807) is 12.1 Å². The molecule has 0 aliphatic carbocycles. The van der Waals surface area contributed by atoms with Crippen molar-refractivity contribution in [1.82, 2.24) is 4.57 Å².